The van der Waals surface area contributed by atoms with Gasteiger partial charge in [0.25, 0.3) is 0 Å². The summed E-state index contributed by atoms with van der Waals surface area (Å²) < 4.78 is 0.440. The van der Waals surface area contributed by atoms with Gasteiger partial charge in [-0.15, -0.1) is 0 Å². The molecule has 0 aliphatic heterocycles. The zero-order valence-electron chi connectivity index (χ0n) is 5.84. The highest BCUT2D eigenvalue weighted by Gasteiger charge is 2.10. The first-order valence-corrected chi connectivity index (χ1v) is 2.93. The molecule has 0 aliphatic rings. The Hall–Kier alpha value is -1.94. The van der Waals surface area contributed by atoms with Gasteiger partial charge in [-0.25, -0.2) is 4.79 Å². The van der Waals surface area contributed by atoms with Gasteiger partial charge in [-0.2, -0.15) is 4.98 Å². The van der Waals surface area contributed by atoms with E-state index >= 15 is 0 Å². The topological polar surface area (TPSA) is 106 Å². The van der Waals surface area contributed by atoms with Gasteiger partial charge in [0.2, 0.25) is 5.39 Å². The SMILES string of the molecule is N#[N+]c1cnc(=O)n(CO)c1[O-]. The second-order valence-corrected chi connectivity index (χ2v) is 1.90. The van der Waals surface area contributed by atoms with Crippen molar-refractivity contribution >= 4 is 5.69 Å². The van der Waals surface area contributed by atoms with E-state index < -0.39 is 18.3 Å². The third-order valence-corrected chi connectivity index (χ3v) is 1.24. The summed E-state index contributed by atoms with van der Waals surface area (Å²) in [6.45, 7) is -0.784. The predicted molar refractivity (Wildman–Crippen MR) is 34.9 cm³/mol. The van der Waals surface area contributed by atoms with Crippen molar-refractivity contribution in [1.82, 2.24) is 9.55 Å². The maximum Gasteiger partial charge on any atom is 0.412 e. The molecule has 0 aromatic carbocycles. The smallest absolute Gasteiger partial charge is 0.412 e. The fourth-order valence-electron chi connectivity index (χ4n) is 0.660. The summed E-state index contributed by atoms with van der Waals surface area (Å²) in [4.78, 5) is 16.5. The summed E-state index contributed by atoms with van der Waals surface area (Å²) in [6.07, 6.45) is 0.830. The van der Waals surface area contributed by atoms with E-state index in [-0.39, 0.29) is 5.69 Å². The minimum absolute atomic E-state index is 0.386. The summed E-state index contributed by atoms with van der Waals surface area (Å²) in [6, 6.07) is 0. The third kappa shape index (κ3) is 1.11. The van der Waals surface area contributed by atoms with Crippen LogP contribution in [0.25, 0.3) is 4.98 Å². The van der Waals surface area contributed by atoms with E-state index in [0.29, 0.717) is 4.57 Å². The average Bonchev–Trinajstić information content (AvgIpc) is 2.06. The molecule has 0 spiro atoms. The number of aliphatic hydroxyl groups is 1. The first-order valence-electron chi connectivity index (χ1n) is 2.93. The van der Waals surface area contributed by atoms with Gasteiger partial charge in [-0.3, -0.25) is 4.57 Å². The van der Waals surface area contributed by atoms with Crippen LogP contribution in [-0.2, 0) is 6.73 Å². The Bertz CT molecular complexity index is 391. The Morgan fingerprint density at radius 2 is 2.50 bits per heavy atom. The van der Waals surface area contributed by atoms with Crippen molar-refractivity contribution in [2.45, 2.75) is 6.73 Å². The molecule has 7 nitrogen and oxygen atoms in total. The fraction of sp³-hybridized carbons (Fsp3) is 0.200. The van der Waals surface area contributed by atoms with Crippen molar-refractivity contribution in [2.24, 2.45) is 0 Å². The van der Waals surface area contributed by atoms with Gasteiger partial charge >= 0.3 is 11.4 Å². The second kappa shape index (κ2) is 2.98. The molecule has 0 amide bonds. The van der Waals surface area contributed by atoms with Crippen molar-refractivity contribution in [3.63, 3.8) is 0 Å². The molecule has 7 heteroatoms. The monoisotopic (exact) mass is 168 g/mol. The first kappa shape index (κ1) is 8.16. The Morgan fingerprint density at radius 1 is 1.83 bits per heavy atom. The molecule has 1 aromatic rings. The molecule has 0 bridgehead atoms. The molecule has 0 aliphatic carbocycles. The Kier molecular flexibility index (Phi) is 2.02. The van der Waals surface area contributed by atoms with Gasteiger partial charge in [0.15, 0.2) is 4.98 Å². The van der Waals surface area contributed by atoms with Crippen molar-refractivity contribution < 1.29 is 10.2 Å². The summed E-state index contributed by atoms with van der Waals surface area (Å²) >= 11 is 0. The minimum atomic E-state index is -0.880. The number of nitrogens with zero attached hydrogens (tertiary/aromatic N) is 4. The number of rotatable bonds is 1. The number of hydrogen-bond donors (Lipinski definition) is 1. The molecule has 0 unspecified atom stereocenters. The van der Waals surface area contributed by atoms with Crippen LogP contribution >= 0.6 is 0 Å². The van der Waals surface area contributed by atoms with Gasteiger partial charge < -0.3 is 10.2 Å². The Labute approximate surface area is 66.2 Å². The van der Waals surface area contributed by atoms with Gasteiger partial charge in [-0.05, 0) is 0 Å². The molecule has 1 N–H and O–H groups in total. The summed E-state index contributed by atoms with van der Waals surface area (Å²) in [5.41, 5.74) is -1.27. The Morgan fingerprint density at radius 3 is 3.00 bits per heavy atom. The van der Waals surface area contributed by atoms with Crippen LogP contribution < -0.4 is 10.8 Å². The van der Waals surface area contributed by atoms with Gasteiger partial charge in [0, 0.05) is 0 Å². The van der Waals surface area contributed by atoms with Crippen LogP contribution in [0.2, 0.25) is 0 Å². The minimum Gasteiger partial charge on any atom is -0.854 e. The normalized spacial score (nSPS) is 9.33. The first-order chi connectivity index (χ1) is 5.70. The van der Waals surface area contributed by atoms with Crippen molar-refractivity contribution in [3.8, 4) is 5.88 Å². The van der Waals surface area contributed by atoms with E-state index in [2.05, 4.69) is 9.96 Å². The van der Waals surface area contributed by atoms with Gasteiger partial charge in [-0.1, -0.05) is 0 Å². The van der Waals surface area contributed by atoms with Gasteiger partial charge in [0.1, 0.15) is 12.9 Å². The fourth-order valence-corrected chi connectivity index (χ4v) is 0.660. The lowest BCUT2D eigenvalue weighted by molar-refractivity contribution is -0.280. The lowest BCUT2D eigenvalue weighted by Gasteiger charge is -2.07. The number of hydrogen-bond acceptors (Lipinski definition) is 5. The molecule has 1 rings (SSSR count). The summed E-state index contributed by atoms with van der Waals surface area (Å²) in [7, 11) is 0. The maximum atomic E-state index is 11.0. The maximum absolute atomic E-state index is 11.0. The molecule has 62 valence electrons. The Balaban J connectivity index is 3.47. The molecule has 0 atom stereocenters. The van der Waals surface area contributed by atoms with Crippen LogP contribution in [-0.4, -0.2) is 14.7 Å². The summed E-state index contributed by atoms with van der Waals surface area (Å²) in [5, 5.41) is 27.7. The zero-order valence-corrected chi connectivity index (χ0v) is 5.84. The van der Waals surface area contributed by atoms with Crippen molar-refractivity contribution in [3.05, 3.63) is 21.7 Å². The molecule has 0 saturated carbocycles. The largest absolute Gasteiger partial charge is 0.854 e. The zero-order chi connectivity index (χ0) is 9.14. The number of aromatic nitrogens is 2. The van der Waals surface area contributed by atoms with E-state index in [9.17, 15) is 9.90 Å². The quantitative estimate of drug-likeness (QED) is 0.527. The van der Waals surface area contributed by atoms with Crippen LogP contribution in [0, 0.1) is 5.39 Å². The molecule has 0 saturated heterocycles. The molecule has 0 radical (unpaired) electrons. The van der Waals surface area contributed by atoms with Crippen LogP contribution in [0.5, 0.6) is 5.88 Å². The van der Waals surface area contributed by atoms with E-state index in [4.69, 9.17) is 10.5 Å². The van der Waals surface area contributed by atoms with Crippen LogP contribution in [0.1, 0.15) is 0 Å². The molecule has 1 heterocycles. The average molecular weight is 168 g/mol. The highest BCUT2D eigenvalue weighted by Crippen LogP contribution is 2.18. The van der Waals surface area contributed by atoms with E-state index in [0.717, 1.165) is 6.20 Å². The third-order valence-electron chi connectivity index (χ3n) is 1.24. The second-order valence-electron chi connectivity index (χ2n) is 1.90. The van der Waals surface area contributed by atoms with E-state index in [1.807, 2.05) is 0 Å². The van der Waals surface area contributed by atoms with Gasteiger partial charge in [0.05, 0.1) is 5.88 Å². The van der Waals surface area contributed by atoms with Crippen LogP contribution in [0.15, 0.2) is 11.0 Å². The number of diazo groups is 1. The van der Waals surface area contributed by atoms with Crippen LogP contribution in [0.3, 0.4) is 0 Å². The number of aliphatic hydroxyl groups excluding tert-OH is 1. The standard InChI is InChI=1S/C5H4N4O3/c6-8-3-1-7-5(12)9(2-10)4(3)11/h1,10H,2H2. The highest BCUT2D eigenvalue weighted by atomic mass is 16.3. The highest BCUT2D eigenvalue weighted by molar-refractivity contribution is 5.49. The molecular weight excluding hydrogens is 164 g/mol. The summed E-state index contributed by atoms with van der Waals surface area (Å²) in [5.74, 6) is -0.875. The van der Waals surface area contributed by atoms with Crippen molar-refractivity contribution in [2.75, 3.05) is 0 Å². The molecule has 0 fully saturated rings. The lowest BCUT2D eigenvalue weighted by atomic mass is 10.5. The van der Waals surface area contributed by atoms with E-state index in [1.54, 1.807) is 0 Å². The molecule has 12 heavy (non-hydrogen) atoms. The lowest BCUT2D eigenvalue weighted by Crippen LogP contribution is -2.25. The molecular formula is C5H4N4O3. The van der Waals surface area contributed by atoms with Crippen LogP contribution in [0.4, 0.5) is 5.69 Å². The predicted octanol–water partition coefficient (Wildman–Crippen LogP) is -1.25. The van der Waals surface area contributed by atoms with E-state index in [1.165, 1.54) is 0 Å². The molecule has 1 aromatic heterocycles. The van der Waals surface area contributed by atoms with Crippen molar-refractivity contribution in [1.29, 1.82) is 5.39 Å².